The van der Waals surface area contributed by atoms with Crippen molar-refractivity contribution >= 4 is 23.3 Å². The fourth-order valence-corrected chi connectivity index (χ4v) is 3.55. The molecule has 0 unspecified atom stereocenters. The number of anilines is 2. The van der Waals surface area contributed by atoms with Crippen LogP contribution in [0.25, 0.3) is 11.5 Å². The van der Waals surface area contributed by atoms with Gasteiger partial charge in [-0.15, -0.1) is 10.2 Å². The summed E-state index contributed by atoms with van der Waals surface area (Å²) in [7, 11) is 0. The highest BCUT2D eigenvalue weighted by Crippen LogP contribution is 2.36. The number of hydrogen-bond donors (Lipinski definition) is 1. The van der Waals surface area contributed by atoms with Crippen molar-refractivity contribution in [1.29, 1.82) is 0 Å². The molecule has 1 aliphatic rings. The highest BCUT2D eigenvalue weighted by Gasteiger charge is 2.30. The average molecular weight is 438 g/mol. The van der Waals surface area contributed by atoms with Crippen LogP contribution in [0.3, 0.4) is 0 Å². The van der Waals surface area contributed by atoms with Gasteiger partial charge in [0.2, 0.25) is 0 Å². The molecule has 0 saturated carbocycles. The number of hydrogen-bond acceptors (Lipinski definition) is 6. The van der Waals surface area contributed by atoms with Crippen LogP contribution < -0.4 is 15.0 Å². The third-order valence-corrected chi connectivity index (χ3v) is 5.04. The molecule has 1 aromatic carbocycles. The predicted molar refractivity (Wildman–Crippen MR) is 116 cm³/mol. The first-order chi connectivity index (χ1) is 15.3. The lowest BCUT2D eigenvalue weighted by Crippen LogP contribution is -2.43. The summed E-state index contributed by atoms with van der Waals surface area (Å²) in [6.07, 6.45) is 1.61. The van der Waals surface area contributed by atoms with Crippen LogP contribution in [0.1, 0.15) is 44.1 Å². The Morgan fingerprint density at radius 2 is 1.97 bits per heavy atom. The highest BCUT2D eigenvalue weighted by atomic mass is 19.1. The Morgan fingerprint density at radius 3 is 2.69 bits per heavy atom. The zero-order valence-corrected chi connectivity index (χ0v) is 18.2. The summed E-state index contributed by atoms with van der Waals surface area (Å²) in [4.78, 5) is 31.1. The summed E-state index contributed by atoms with van der Waals surface area (Å²) in [5, 5.41) is 10.7. The van der Waals surface area contributed by atoms with Crippen molar-refractivity contribution in [3.8, 4) is 17.3 Å². The zero-order chi connectivity index (χ0) is 23.0. The summed E-state index contributed by atoms with van der Waals surface area (Å²) in [5.74, 6) is -0.693. The molecule has 2 aromatic heterocycles. The SMILES string of the molecule is CC(C)N1C(=O)COc2cc(F)c(C(=O)Nc3cccc(-c4nncn4C(C)C)n3)cc21. The van der Waals surface area contributed by atoms with Crippen molar-refractivity contribution in [2.75, 3.05) is 16.8 Å². The van der Waals surface area contributed by atoms with Gasteiger partial charge < -0.3 is 19.5 Å². The third kappa shape index (κ3) is 3.91. The molecule has 1 N–H and O–H groups in total. The van der Waals surface area contributed by atoms with Crippen molar-refractivity contribution in [3.05, 3.63) is 48.0 Å². The van der Waals surface area contributed by atoms with Crippen molar-refractivity contribution in [2.45, 2.75) is 39.8 Å². The van der Waals surface area contributed by atoms with E-state index in [4.69, 9.17) is 4.74 Å². The van der Waals surface area contributed by atoms with Crippen molar-refractivity contribution in [3.63, 3.8) is 0 Å². The van der Waals surface area contributed by atoms with E-state index in [1.165, 1.54) is 11.0 Å². The molecular weight excluding hydrogens is 415 g/mol. The van der Waals surface area contributed by atoms with Crippen LogP contribution in [0.2, 0.25) is 0 Å². The highest BCUT2D eigenvalue weighted by molar-refractivity contribution is 6.06. The zero-order valence-electron chi connectivity index (χ0n) is 18.2. The number of benzene rings is 1. The van der Waals surface area contributed by atoms with Crippen LogP contribution in [0, 0.1) is 5.82 Å². The van der Waals surface area contributed by atoms with Crippen LogP contribution >= 0.6 is 0 Å². The largest absolute Gasteiger partial charge is 0.481 e. The molecule has 166 valence electrons. The Kier molecular flexibility index (Phi) is 5.60. The first-order valence-corrected chi connectivity index (χ1v) is 10.2. The summed E-state index contributed by atoms with van der Waals surface area (Å²) in [6, 6.07) is 7.47. The number of aromatic nitrogens is 4. The van der Waals surface area contributed by atoms with Gasteiger partial charge in [-0.2, -0.15) is 0 Å². The standard InChI is InChI=1S/C22H23FN6O3/c1-12(2)28-11-24-27-21(28)16-6-5-7-19(25-16)26-22(31)14-8-17-18(9-15(14)23)32-10-20(30)29(17)13(3)4/h5-9,11-13H,10H2,1-4H3,(H,25,26,31). The maximum absolute atomic E-state index is 14.7. The average Bonchev–Trinajstić information content (AvgIpc) is 3.23. The molecule has 4 rings (SSSR count). The number of amides is 2. The molecular formula is C22H23FN6O3. The first kappa shape index (κ1) is 21.4. The molecule has 3 heterocycles. The Hall–Kier alpha value is -3.82. The van der Waals surface area contributed by atoms with Crippen LogP contribution in [0.5, 0.6) is 5.75 Å². The Bertz CT molecular complexity index is 1190. The van der Waals surface area contributed by atoms with Gasteiger partial charge in [0.1, 0.15) is 29.4 Å². The summed E-state index contributed by atoms with van der Waals surface area (Å²) < 4.78 is 21.9. The second-order valence-electron chi connectivity index (χ2n) is 7.96. The van der Waals surface area contributed by atoms with Crippen LogP contribution in [0.15, 0.2) is 36.7 Å². The lowest BCUT2D eigenvalue weighted by atomic mass is 10.1. The number of nitrogens with one attached hydrogen (secondary N) is 1. The summed E-state index contributed by atoms with van der Waals surface area (Å²) >= 11 is 0. The molecule has 1 aliphatic heterocycles. The van der Waals surface area contributed by atoms with Crippen molar-refractivity contribution in [2.24, 2.45) is 0 Å². The summed E-state index contributed by atoms with van der Waals surface area (Å²) in [6.45, 7) is 7.48. The van der Waals surface area contributed by atoms with Crippen LogP contribution in [-0.2, 0) is 4.79 Å². The second kappa shape index (κ2) is 8.37. The molecule has 10 heteroatoms. The second-order valence-corrected chi connectivity index (χ2v) is 7.96. The molecule has 32 heavy (non-hydrogen) atoms. The van der Waals surface area contributed by atoms with Gasteiger partial charge in [-0.25, -0.2) is 9.37 Å². The maximum Gasteiger partial charge on any atom is 0.265 e. The van der Waals surface area contributed by atoms with Crippen LogP contribution in [0.4, 0.5) is 15.9 Å². The Balaban J connectivity index is 1.64. The fourth-order valence-electron chi connectivity index (χ4n) is 3.55. The number of ether oxygens (including phenoxy) is 1. The van der Waals surface area contributed by atoms with E-state index in [2.05, 4.69) is 20.5 Å². The van der Waals surface area contributed by atoms with E-state index < -0.39 is 11.7 Å². The lowest BCUT2D eigenvalue weighted by Gasteiger charge is -2.32. The molecule has 2 amide bonds. The minimum atomic E-state index is -0.755. The van der Waals surface area contributed by atoms with Crippen LogP contribution in [-0.4, -0.2) is 44.2 Å². The molecule has 0 atom stereocenters. The molecule has 3 aromatic rings. The van der Waals surface area contributed by atoms with Crippen molar-refractivity contribution in [1.82, 2.24) is 19.7 Å². The number of nitrogens with zero attached hydrogens (tertiary/aromatic N) is 5. The van der Waals surface area contributed by atoms with Gasteiger partial charge in [-0.05, 0) is 45.9 Å². The topological polar surface area (TPSA) is 102 Å². The number of pyridine rings is 1. The fraction of sp³-hybridized carbons (Fsp3) is 0.318. The van der Waals surface area contributed by atoms with Gasteiger partial charge in [0.25, 0.3) is 11.8 Å². The van der Waals surface area contributed by atoms with Crippen molar-refractivity contribution < 1.29 is 18.7 Å². The third-order valence-electron chi connectivity index (χ3n) is 5.04. The van der Waals surface area contributed by atoms with Gasteiger partial charge in [0.15, 0.2) is 12.4 Å². The summed E-state index contributed by atoms with van der Waals surface area (Å²) in [5.41, 5.74) is 0.657. The Labute approximate surface area is 184 Å². The number of fused-ring (bicyclic) bond motifs is 1. The minimum absolute atomic E-state index is 0.124. The minimum Gasteiger partial charge on any atom is -0.481 e. The van der Waals surface area contributed by atoms with Gasteiger partial charge in [-0.1, -0.05) is 6.07 Å². The molecule has 0 saturated heterocycles. The predicted octanol–water partition coefficient (Wildman–Crippen LogP) is 3.45. The van der Waals surface area contributed by atoms with E-state index in [0.29, 0.717) is 17.2 Å². The van der Waals surface area contributed by atoms with E-state index >= 15 is 0 Å². The molecule has 0 aliphatic carbocycles. The number of rotatable bonds is 5. The molecule has 0 spiro atoms. The van der Waals surface area contributed by atoms with E-state index in [0.717, 1.165) is 6.07 Å². The lowest BCUT2D eigenvalue weighted by molar-refractivity contribution is -0.121. The van der Waals surface area contributed by atoms with E-state index in [-0.39, 0.29) is 41.7 Å². The number of halogens is 1. The maximum atomic E-state index is 14.7. The first-order valence-electron chi connectivity index (χ1n) is 10.2. The van der Waals surface area contributed by atoms with Gasteiger partial charge in [0, 0.05) is 18.2 Å². The normalized spacial score (nSPS) is 13.3. The molecule has 0 fully saturated rings. The quantitative estimate of drug-likeness (QED) is 0.655. The van der Waals surface area contributed by atoms with Gasteiger partial charge >= 0.3 is 0 Å². The van der Waals surface area contributed by atoms with Gasteiger partial charge in [-0.3, -0.25) is 9.59 Å². The van der Waals surface area contributed by atoms with E-state index in [9.17, 15) is 14.0 Å². The molecule has 0 bridgehead atoms. The number of carbonyl (C=O) groups excluding carboxylic acids is 2. The van der Waals surface area contributed by atoms with E-state index in [1.54, 1.807) is 24.5 Å². The van der Waals surface area contributed by atoms with E-state index in [1.807, 2.05) is 32.3 Å². The van der Waals surface area contributed by atoms with Gasteiger partial charge in [0.05, 0.1) is 11.3 Å². The Morgan fingerprint density at radius 1 is 1.19 bits per heavy atom. The number of carbonyl (C=O) groups is 2. The monoisotopic (exact) mass is 438 g/mol. The molecule has 0 radical (unpaired) electrons. The smallest absolute Gasteiger partial charge is 0.265 e. The molecule has 9 nitrogen and oxygen atoms in total.